The van der Waals surface area contributed by atoms with Crippen molar-refractivity contribution in [3.63, 3.8) is 0 Å². The number of primary amides is 1. The highest BCUT2D eigenvalue weighted by atomic mass is 16.5. The van der Waals surface area contributed by atoms with Crippen LogP contribution in [0.4, 0.5) is 5.69 Å². The number of rotatable bonds is 6. The average Bonchev–Trinajstić information content (AvgIpc) is 2.66. The maximum Gasteiger partial charge on any atom is 0.258 e. The number of benzene rings is 2. The number of fused-ring (bicyclic) bond motifs is 1. The largest absolute Gasteiger partial charge is 0.484 e. The van der Waals surface area contributed by atoms with E-state index in [-0.39, 0.29) is 24.7 Å². The molecule has 6 heteroatoms. The molecule has 2 atom stereocenters. The number of anilines is 1. The van der Waals surface area contributed by atoms with Crippen LogP contribution in [0.25, 0.3) is 0 Å². The van der Waals surface area contributed by atoms with Crippen LogP contribution in [0.5, 0.6) is 5.75 Å². The normalized spacial score (nSPS) is 17.2. The van der Waals surface area contributed by atoms with Gasteiger partial charge >= 0.3 is 0 Å². The van der Waals surface area contributed by atoms with Crippen LogP contribution in [0.2, 0.25) is 0 Å². The SMILES string of the molecule is CC[C@H](C)N1C(=O)c2ccccc2N[C@@H]1c1ccc(OCC(N)=O)cc1. The van der Waals surface area contributed by atoms with Gasteiger partial charge in [0.1, 0.15) is 11.9 Å². The molecule has 0 spiro atoms. The van der Waals surface area contributed by atoms with Gasteiger partial charge in [-0.1, -0.05) is 31.2 Å². The molecule has 0 saturated heterocycles. The number of nitrogens with two attached hydrogens (primary N) is 1. The van der Waals surface area contributed by atoms with E-state index >= 15 is 0 Å². The van der Waals surface area contributed by atoms with Gasteiger partial charge in [-0.3, -0.25) is 9.59 Å². The zero-order chi connectivity index (χ0) is 18.7. The van der Waals surface area contributed by atoms with Crippen molar-refractivity contribution in [2.24, 2.45) is 5.73 Å². The lowest BCUT2D eigenvalue weighted by Gasteiger charge is -2.41. The number of amides is 2. The molecular formula is C20H23N3O3. The minimum absolute atomic E-state index is 0.0211. The number of para-hydroxylation sites is 1. The second-order valence-corrected chi connectivity index (χ2v) is 6.39. The molecule has 0 unspecified atom stereocenters. The minimum atomic E-state index is -0.520. The molecule has 2 amide bonds. The van der Waals surface area contributed by atoms with Gasteiger partial charge in [-0.2, -0.15) is 0 Å². The first-order valence-corrected chi connectivity index (χ1v) is 8.70. The van der Waals surface area contributed by atoms with Crippen molar-refractivity contribution in [1.29, 1.82) is 0 Å². The van der Waals surface area contributed by atoms with Gasteiger partial charge < -0.3 is 20.7 Å². The summed E-state index contributed by atoms with van der Waals surface area (Å²) >= 11 is 0. The number of carbonyl (C=O) groups excluding carboxylic acids is 2. The maximum absolute atomic E-state index is 13.1. The van der Waals surface area contributed by atoms with Crippen LogP contribution in [0.15, 0.2) is 48.5 Å². The first kappa shape index (κ1) is 17.8. The van der Waals surface area contributed by atoms with E-state index in [1.807, 2.05) is 48.2 Å². The average molecular weight is 353 g/mol. The van der Waals surface area contributed by atoms with Crippen molar-refractivity contribution in [2.75, 3.05) is 11.9 Å². The fourth-order valence-corrected chi connectivity index (χ4v) is 3.06. The molecule has 1 aliphatic rings. The molecule has 136 valence electrons. The quantitative estimate of drug-likeness (QED) is 0.836. The Hall–Kier alpha value is -3.02. The topological polar surface area (TPSA) is 84.7 Å². The van der Waals surface area contributed by atoms with E-state index in [1.165, 1.54) is 0 Å². The monoisotopic (exact) mass is 353 g/mol. The summed E-state index contributed by atoms with van der Waals surface area (Å²) < 4.78 is 5.31. The van der Waals surface area contributed by atoms with Crippen molar-refractivity contribution in [1.82, 2.24) is 4.90 Å². The van der Waals surface area contributed by atoms with E-state index in [4.69, 9.17) is 10.5 Å². The number of carbonyl (C=O) groups is 2. The molecule has 3 rings (SSSR count). The molecule has 0 radical (unpaired) electrons. The van der Waals surface area contributed by atoms with Crippen LogP contribution in [-0.4, -0.2) is 29.4 Å². The molecular weight excluding hydrogens is 330 g/mol. The van der Waals surface area contributed by atoms with E-state index in [2.05, 4.69) is 12.2 Å². The summed E-state index contributed by atoms with van der Waals surface area (Å²) in [6.45, 7) is 3.95. The Kier molecular flexibility index (Phi) is 5.11. The third-order valence-corrected chi connectivity index (χ3v) is 4.60. The van der Waals surface area contributed by atoms with Gasteiger partial charge in [-0.05, 0) is 43.2 Å². The Bertz CT molecular complexity index is 804. The number of hydrogen-bond donors (Lipinski definition) is 2. The summed E-state index contributed by atoms with van der Waals surface area (Å²) in [6, 6.07) is 15.0. The van der Waals surface area contributed by atoms with Crippen LogP contribution >= 0.6 is 0 Å². The first-order valence-electron chi connectivity index (χ1n) is 8.70. The van der Waals surface area contributed by atoms with Crippen molar-refractivity contribution >= 4 is 17.5 Å². The molecule has 0 aliphatic carbocycles. The Morgan fingerprint density at radius 2 is 1.92 bits per heavy atom. The van der Waals surface area contributed by atoms with Gasteiger partial charge in [0, 0.05) is 11.7 Å². The smallest absolute Gasteiger partial charge is 0.258 e. The lowest BCUT2D eigenvalue weighted by molar-refractivity contribution is -0.119. The standard InChI is InChI=1S/C20H23N3O3/c1-3-13(2)23-19(22-17-7-5-4-6-16(17)20(23)25)14-8-10-15(11-9-14)26-12-18(21)24/h4-11,13,19,22H,3,12H2,1-2H3,(H2,21,24)/t13-,19-/m0/s1. The van der Waals surface area contributed by atoms with Crippen molar-refractivity contribution in [2.45, 2.75) is 32.5 Å². The van der Waals surface area contributed by atoms with E-state index in [1.54, 1.807) is 12.1 Å². The molecule has 2 aromatic carbocycles. The lowest BCUT2D eigenvalue weighted by atomic mass is 10.0. The molecule has 0 bridgehead atoms. The van der Waals surface area contributed by atoms with E-state index in [9.17, 15) is 9.59 Å². The van der Waals surface area contributed by atoms with Gasteiger partial charge in [0.05, 0.1) is 5.56 Å². The highest BCUT2D eigenvalue weighted by Crippen LogP contribution is 2.35. The van der Waals surface area contributed by atoms with Crippen molar-refractivity contribution in [3.05, 3.63) is 59.7 Å². The predicted molar refractivity (Wildman–Crippen MR) is 99.9 cm³/mol. The number of ether oxygens (including phenoxy) is 1. The summed E-state index contributed by atoms with van der Waals surface area (Å²) in [5.74, 6) is 0.0612. The van der Waals surface area contributed by atoms with Crippen LogP contribution < -0.4 is 15.8 Å². The minimum Gasteiger partial charge on any atom is -0.484 e. The van der Waals surface area contributed by atoms with E-state index in [0.29, 0.717) is 11.3 Å². The Labute approximate surface area is 152 Å². The molecule has 1 heterocycles. The molecule has 26 heavy (non-hydrogen) atoms. The number of nitrogens with one attached hydrogen (secondary N) is 1. The van der Waals surface area contributed by atoms with Gasteiger partial charge in [0.2, 0.25) is 0 Å². The second-order valence-electron chi connectivity index (χ2n) is 6.39. The predicted octanol–water partition coefficient (Wildman–Crippen LogP) is 2.92. The van der Waals surface area contributed by atoms with E-state index in [0.717, 1.165) is 17.7 Å². The summed E-state index contributed by atoms with van der Waals surface area (Å²) in [4.78, 5) is 25.8. The van der Waals surface area contributed by atoms with Crippen molar-refractivity contribution < 1.29 is 14.3 Å². The fourth-order valence-electron chi connectivity index (χ4n) is 3.06. The highest BCUT2D eigenvalue weighted by Gasteiger charge is 2.35. The summed E-state index contributed by atoms with van der Waals surface area (Å²) in [6.07, 6.45) is 0.587. The fraction of sp³-hybridized carbons (Fsp3) is 0.300. The lowest BCUT2D eigenvalue weighted by Crippen LogP contribution is -2.47. The van der Waals surface area contributed by atoms with Gasteiger partial charge in [0.15, 0.2) is 6.61 Å². The molecule has 0 aromatic heterocycles. The van der Waals surface area contributed by atoms with Crippen molar-refractivity contribution in [3.8, 4) is 5.75 Å². The summed E-state index contributed by atoms with van der Waals surface area (Å²) in [5, 5.41) is 3.47. The molecule has 1 aliphatic heterocycles. The Morgan fingerprint density at radius 1 is 1.23 bits per heavy atom. The zero-order valence-electron chi connectivity index (χ0n) is 14.9. The molecule has 6 nitrogen and oxygen atoms in total. The highest BCUT2D eigenvalue weighted by molar-refractivity contribution is 6.01. The zero-order valence-corrected chi connectivity index (χ0v) is 14.9. The van der Waals surface area contributed by atoms with Gasteiger partial charge in [-0.25, -0.2) is 0 Å². The Balaban J connectivity index is 1.91. The van der Waals surface area contributed by atoms with Crippen LogP contribution in [0.3, 0.4) is 0 Å². The van der Waals surface area contributed by atoms with Gasteiger partial charge in [-0.15, -0.1) is 0 Å². The third-order valence-electron chi connectivity index (χ3n) is 4.60. The van der Waals surface area contributed by atoms with Crippen LogP contribution in [0.1, 0.15) is 42.4 Å². The second kappa shape index (κ2) is 7.47. The van der Waals surface area contributed by atoms with Crippen LogP contribution in [0, 0.1) is 0 Å². The van der Waals surface area contributed by atoms with E-state index < -0.39 is 5.91 Å². The summed E-state index contributed by atoms with van der Waals surface area (Å²) in [5.41, 5.74) is 7.56. The van der Waals surface area contributed by atoms with Crippen LogP contribution in [-0.2, 0) is 4.79 Å². The molecule has 0 saturated carbocycles. The molecule has 2 aromatic rings. The maximum atomic E-state index is 13.1. The van der Waals surface area contributed by atoms with Gasteiger partial charge in [0.25, 0.3) is 11.8 Å². The number of nitrogens with zero attached hydrogens (tertiary/aromatic N) is 1. The Morgan fingerprint density at radius 3 is 2.58 bits per heavy atom. The first-order chi connectivity index (χ1) is 12.5. The number of hydrogen-bond acceptors (Lipinski definition) is 4. The molecule has 3 N–H and O–H groups in total. The molecule has 0 fully saturated rings. The third kappa shape index (κ3) is 3.49. The summed E-state index contributed by atoms with van der Waals surface area (Å²) in [7, 11) is 0.